The minimum atomic E-state index is -0.0831. The van der Waals surface area contributed by atoms with E-state index in [4.69, 9.17) is 11.6 Å². The van der Waals surface area contributed by atoms with Crippen LogP contribution in [0.15, 0.2) is 34.2 Å². The normalized spacial score (nSPS) is 14.4. The maximum atomic E-state index is 13.0. The molecule has 0 amide bonds. The van der Waals surface area contributed by atoms with E-state index in [1.807, 2.05) is 25.1 Å². The molecule has 0 aliphatic heterocycles. The van der Waals surface area contributed by atoms with Gasteiger partial charge in [-0.05, 0) is 44.2 Å². The second kappa shape index (κ2) is 6.15. The van der Waals surface area contributed by atoms with Crippen LogP contribution >= 0.6 is 22.9 Å². The van der Waals surface area contributed by atoms with Gasteiger partial charge in [-0.1, -0.05) is 29.8 Å². The average molecular weight is 358 g/mol. The van der Waals surface area contributed by atoms with Gasteiger partial charge in [0.2, 0.25) is 0 Å². The first-order valence-electron chi connectivity index (χ1n) is 7.98. The lowest BCUT2D eigenvalue weighted by Gasteiger charge is -2.10. The number of hydrogen-bond donors (Lipinski definition) is 0. The van der Waals surface area contributed by atoms with E-state index in [1.54, 1.807) is 23.6 Å². The minimum absolute atomic E-state index is 0.0831. The van der Waals surface area contributed by atoms with Crippen LogP contribution in [0.5, 0.6) is 0 Å². The molecule has 1 aliphatic carbocycles. The van der Waals surface area contributed by atoms with E-state index in [0.717, 1.165) is 35.0 Å². The van der Waals surface area contributed by atoms with Crippen LogP contribution < -0.4 is 5.56 Å². The largest absolute Gasteiger partial charge is 0.283 e. The van der Waals surface area contributed by atoms with Gasteiger partial charge in [-0.2, -0.15) is 9.78 Å². The third-order valence-corrected chi connectivity index (χ3v) is 5.88. The molecule has 0 saturated heterocycles. The topological polar surface area (TPSA) is 47.2 Å². The Hall–Kier alpha value is -1.98. The van der Waals surface area contributed by atoms with E-state index in [9.17, 15) is 4.79 Å². The summed E-state index contributed by atoms with van der Waals surface area (Å²) in [6, 6.07) is 7.42. The SMILES string of the molecule is Cc1nc2sc3c(c2c(=O)n1N=Cc1ccccc1Cl)CCCC3. The number of nitrogens with zero attached hydrogens (tertiary/aromatic N) is 3. The first-order chi connectivity index (χ1) is 11.6. The molecular weight excluding hydrogens is 342 g/mol. The lowest BCUT2D eigenvalue weighted by atomic mass is 9.97. The highest BCUT2D eigenvalue weighted by Crippen LogP contribution is 2.33. The summed E-state index contributed by atoms with van der Waals surface area (Å²) in [6.45, 7) is 1.81. The Morgan fingerprint density at radius 2 is 2.08 bits per heavy atom. The van der Waals surface area contributed by atoms with Gasteiger partial charge in [-0.25, -0.2) is 4.98 Å². The summed E-state index contributed by atoms with van der Waals surface area (Å²) in [7, 11) is 0. The van der Waals surface area contributed by atoms with Crippen LogP contribution in [0.1, 0.15) is 34.7 Å². The van der Waals surface area contributed by atoms with E-state index in [0.29, 0.717) is 10.8 Å². The number of aromatic nitrogens is 2. The summed E-state index contributed by atoms with van der Waals surface area (Å²) < 4.78 is 1.38. The standard InChI is InChI=1S/C18H16ClN3OS/c1-11-21-17-16(13-7-3-5-9-15(13)24-17)18(23)22(11)20-10-12-6-2-4-8-14(12)19/h2,4,6,8,10H,3,5,7,9H2,1H3. The van der Waals surface area contributed by atoms with Gasteiger partial charge in [0.1, 0.15) is 10.7 Å². The fourth-order valence-corrected chi connectivity index (χ4v) is 4.62. The number of rotatable bonds is 2. The molecule has 0 atom stereocenters. The molecule has 0 saturated carbocycles. The van der Waals surface area contributed by atoms with E-state index < -0.39 is 0 Å². The number of fused-ring (bicyclic) bond motifs is 3. The Labute approximate surface area is 148 Å². The highest BCUT2D eigenvalue weighted by atomic mass is 35.5. The zero-order valence-corrected chi connectivity index (χ0v) is 14.8. The van der Waals surface area contributed by atoms with Gasteiger partial charge in [0, 0.05) is 15.5 Å². The number of hydrogen-bond acceptors (Lipinski definition) is 4. The molecule has 0 fully saturated rings. The zero-order valence-electron chi connectivity index (χ0n) is 13.3. The lowest BCUT2D eigenvalue weighted by Crippen LogP contribution is -2.21. The Kier molecular flexibility index (Phi) is 3.98. The summed E-state index contributed by atoms with van der Waals surface area (Å²) in [5.74, 6) is 0.592. The number of benzene rings is 1. The number of thiophene rings is 1. The van der Waals surface area contributed by atoms with Crippen molar-refractivity contribution in [2.45, 2.75) is 32.6 Å². The predicted octanol–water partition coefficient (Wildman–Crippen LogP) is 4.18. The summed E-state index contributed by atoms with van der Waals surface area (Å²) in [5, 5.41) is 5.70. The molecule has 0 N–H and O–H groups in total. The van der Waals surface area contributed by atoms with E-state index in [2.05, 4.69) is 10.1 Å². The van der Waals surface area contributed by atoms with Crippen molar-refractivity contribution in [2.24, 2.45) is 5.10 Å². The second-order valence-electron chi connectivity index (χ2n) is 5.93. The third kappa shape index (κ3) is 2.58. The monoisotopic (exact) mass is 357 g/mol. The van der Waals surface area contributed by atoms with Crippen molar-refractivity contribution in [3.05, 3.63) is 61.5 Å². The fourth-order valence-electron chi connectivity index (χ4n) is 3.13. The van der Waals surface area contributed by atoms with Gasteiger partial charge < -0.3 is 0 Å². The quantitative estimate of drug-likeness (QED) is 0.646. The molecule has 0 bridgehead atoms. The molecule has 1 aliphatic rings. The van der Waals surface area contributed by atoms with Crippen LogP contribution in [-0.4, -0.2) is 15.9 Å². The Morgan fingerprint density at radius 1 is 1.29 bits per heavy atom. The third-order valence-electron chi connectivity index (χ3n) is 4.35. The van der Waals surface area contributed by atoms with Crippen molar-refractivity contribution in [1.29, 1.82) is 0 Å². The second-order valence-corrected chi connectivity index (χ2v) is 7.42. The van der Waals surface area contributed by atoms with E-state index in [-0.39, 0.29) is 5.56 Å². The smallest absolute Gasteiger partial charge is 0.267 e. The molecule has 4 rings (SSSR count). The fraction of sp³-hybridized carbons (Fsp3) is 0.278. The molecule has 3 aromatic rings. The van der Waals surface area contributed by atoms with Crippen LogP contribution in [0.2, 0.25) is 5.02 Å². The molecule has 0 unspecified atom stereocenters. The van der Waals surface area contributed by atoms with E-state index >= 15 is 0 Å². The summed E-state index contributed by atoms with van der Waals surface area (Å²) in [4.78, 5) is 19.7. The van der Waals surface area contributed by atoms with Gasteiger partial charge in [0.25, 0.3) is 5.56 Å². The van der Waals surface area contributed by atoms with Gasteiger partial charge in [-0.3, -0.25) is 4.79 Å². The van der Waals surface area contributed by atoms with Crippen LogP contribution in [-0.2, 0) is 12.8 Å². The summed E-state index contributed by atoms with van der Waals surface area (Å²) >= 11 is 7.81. The minimum Gasteiger partial charge on any atom is -0.267 e. The van der Waals surface area contributed by atoms with Crippen LogP contribution in [0.3, 0.4) is 0 Å². The molecule has 0 spiro atoms. The first-order valence-corrected chi connectivity index (χ1v) is 9.17. The Morgan fingerprint density at radius 3 is 2.92 bits per heavy atom. The summed E-state index contributed by atoms with van der Waals surface area (Å²) in [6.07, 6.45) is 5.96. The van der Waals surface area contributed by atoms with Crippen molar-refractivity contribution in [1.82, 2.24) is 9.66 Å². The molecule has 6 heteroatoms. The molecule has 2 heterocycles. The highest BCUT2D eigenvalue weighted by Gasteiger charge is 2.21. The highest BCUT2D eigenvalue weighted by molar-refractivity contribution is 7.18. The van der Waals surface area contributed by atoms with Crippen LogP contribution in [0.4, 0.5) is 0 Å². The molecule has 122 valence electrons. The first kappa shape index (κ1) is 15.5. The summed E-state index contributed by atoms with van der Waals surface area (Å²) in [5.41, 5.74) is 1.87. The van der Waals surface area contributed by atoms with E-state index in [1.165, 1.54) is 21.5 Å². The molecule has 2 aromatic heterocycles. The molecule has 24 heavy (non-hydrogen) atoms. The molecule has 1 aromatic carbocycles. The number of halogens is 1. The molecular formula is C18H16ClN3OS. The van der Waals surface area contributed by atoms with Gasteiger partial charge >= 0.3 is 0 Å². The van der Waals surface area contributed by atoms with Crippen LogP contribution in [0, 0.1) is 6.92 Å². The van der Waals surface area contributed by atoms with Crippen molar-refractivity contribution in [3.8, 4) is 0 Å². The maximum absolute atomic E-state index is 13.0. The zero-order chi connectivity index (χ0) is 16.7. The van der Waals surface area contributed by atoms with Crippen molar-refractivity contribution in [2.75, 3.05) is 0 Å². The van der Waals surface area contributed by atoms with Crippen molar-refractivity contribution >= 4 is 39.4 Å². The lowest BCUT2D eigenvalue weighted by molar-refractivity contribution is 0.698. The van der Waals surface area contributed by atoms with Crippen molar-refractivity contribution in [3.63, 3.8) is 0 Å². The maximum Gasteiger partial charge on any atom is 0.283 e. The van der Waals surface area contributed by atoms with Crippen LogP contribution in [0.25, 0.3) is 10.2 Å². The number of aryl methyl sites for hydroxylation is 3. The van der Waals surface area contributed by atoms with Gasteiger partial charge in [0.15, 0.2) is 0 Å². The molecule has 4 nitrogen and oxygen atoms in total. The predicted molar refractivity (Wildman–Crippen MR) is 99.7 cm³/mol. The average Bonchev–Trinajstić information content (AvgIpc) is 2.94. The van der Waals surface area contributed by atoms with Gasteiger partial charge in [0.05, 0.1) is 11.6 Å². The Bertz CT molecular complexity index is 1020. The Balaban J connectivity index is 1.87. The van der Waals surface area contributed by atoms with Gasteiger partial charge in [-0.15, -0.1) is 11.3 Å². The molecule has 0 radical (unpaired) electrons. The van der Waals surface area contributed by atoms with Crippen molar-refractivity contribution < 1.29 is 0 Å².